The first-order valence-corrected chi connectivity index (χ1v) is 13.2. The summed E-state index contributed by atoms with van der Waals surface area (Å²) in [4.78, 5) is 3.17. The molecule has 0 aromatic carbocycles. The third-order valence-corrected chi connectivity index (χ3v) is 11.7. The van der Waals surface area contributed by atoms with Crippen LogP contribution < -0.4 is 49.6 Å². The van der Waals surface area contributed by atoms with Gasteiger partial charge in [0.05, 0.1) is 0 Å². The van der Waals surface area contributed by atoms with Crippen molar-refractivity contribution in [2.24, 2.45) is 0 Å². The first-order valence-electron chi connectivity index (χ1n) is 8.43. The maximum atomic E-state index is 2.56. The van der Waals surface area contributed by atoms with E-state index in [9.17, 15) is 0 Å². The second-order valence-electron chi connectivity index (χ2n) is 7.58. The van der Waals surface area contributed by atoms with Gasteiger partial charge in [0.25, 0.3) is 0 Å². The minimum absolute atomic E-state index is 0. The summed E-state index contributed by atoms with van der Waals surface area (Å²) in [5.41, 5.74) is 6.00. The van der Waals surface area contributed by atoms with Crippen LogP contribution in [0.4, 0.5) is 0 Å². The molecule has 0 saturated carbocycles. The van der Waals surface area contributed by atoms with Gasteiger partial charge >= 0.3 is 52.4 Å². The predicted molar refractivity (Wildman–Crippen MR) is 109 cm³/mol. The van der Waals surface area contributed by atoms with Crippen LogP contribution in [0.2, 0.25) is 13.1 Å². The maximum absolute atomic E-state index is 2.56. The van der Waals surface area contributed by atoms with E-state index >= 15 is 0 Å². The molecule has 0 fully saturated rings. The molecule has 0 amide bonds. The van der Waals surface area contributed by atoms with E-state index < -0.39 is 8.07 Å². The van der Waals surface area contributed by atoms with Crippen molar-refractivity contribution in [3.63, 3.8) is 0 Å². The maximum Gasteiger partial charge on any atom is 4.00 e. The number of rotatable bonds is 2. The zero-order valence-corrected chi connectivity index (χ0v) is 27.9. The van der Waals surface area contributed by atoms with Gasteiger partial charge in [0.2, 0.25) is 0 Å². The Morgan fingerprint density at radius 2 is 1.00 bits per heavy atom. The molecule has 2 aliphatic heterocycles. The van der Waals surface area contributed by atoms with Gasteiger partial charge in [0, 0.05) is 20.3 Å². The average molecular weight is 681 g/mol. The summed E-state index contributed by atoms with van der Waals surface area (Å²) in [6.45, 7) is 14.4. The summed E-state index contributed by atoms with van der Waals surface area (Å²) in [6, 6.07) is 0. The zero-order valence-electron chi connectivity index (χ0n) is 17.3. The Labute approximate surface area is 248 Å². The van der Waals surface area contributed by atoms with E-state index in [1.807, 2.05) is 0 Å². The van der Waals surface area contributed by atoms with Crippen LogP contribution >= 0.6 is 23.5 Å². The Hall–Kier alpha value is 2.28. The van der Waals surface area contributed by atoms with E-state index in [1.165, 1.54) is 22.3 Å². The van der Waals surface area contributed by atoms with Crippen LogP contribution in [0.25, 0.3) is 0 Å². The normalized spacial score (nSPS) is 23.5. The van der Waals surface area contributed by atoms with E-state index in [1.54, 1.807) is 20.2 Å². The molecule has 152 valence electrons. The predicted octanol–water partition coefficient (Wildman–Crippen LogP) is -5.66. The van der Waals surface area contributed by atoms with Crippen LogP contribution in [-0.4, -0.2) is 18.6 Å². The van der Waals surface area contributed by atoms with Gasteiger partial charge in [-0.05, 0) is 60.4 Å². The number of thioether (sulfide) groups is 2. The molecule has 0 aromatic heterocycles. The third-order valence-electron chi connectivity index (χ3n) is 5.20. The van der Waals surface area contributed by atoms with Crippen LogP contribution in [0.15, 0.2) is 66.8 Å². The Morgan fingerprint density at radius 3 is 1.31 bits per heavy atom. The Morgan fingerprint density at radius 1 is 0.690 bits per heavy atom. The van der Waals surface area contributed by atoms with E-state index in [-0.39, 0.29) is 102 Å². The monoisotopic (exact) mass is 676 g/mol. The largest absolute Gasteiger partial charge is 4.00 e. The molecule has 4 rings (SSSR count). The summed E-state index contributed by atoms with van der Waals surface area (Å²) in [7, 11) is -1.69. The van der Waals surface area contributed by atoms with Crippen molar-refractivity contribution in [1.29, 1.82) is 0 Å². The average Bonchev–Trinajstić information content (AvgIpc) is 3.06. The van der Waals surface area contributed by atoms with Crippen molar-refractivity contribution in [2.45, 2.75) is 51.3 Å². The van der Waals surface area contributed by atoms with E-state index in [0.717, 1.165) is 0 Å². The molecule has 9 heteroatoms. The summed E-state index contributed by atoms with van der Waals surface area (Å²) < 4.78 is 0. The van der Waals surface area contributed by atoms with Gasteiger partial charge < -0.3 is 49.6 Å². The fraction of sp³-hybridized carbons (Fsp3) is 0.400. The van der Waals surface area contributed by atoms with Crippen molar-refractivity contribution >= 4 is 31.6 Å². The molecule has 2 heterocycles. The molecule has 4 aliphatic rings. The van der Waals surface area contributed by atoms with Crippen LogP contribution in [0.1, 0.15) is 27.7 Å². The number of halogens is 4. The molecule has 0 bridgehead atoms. The van der Waals surface area contributed by atoms with Crippen molar-refractivity contribution in [1.82, 2.24) is 0 Å². The molecule has 0 saturated heterocycles. The van der Waals surface area contributed by atoms with Gasteiger partial charge in [-0.25, -0.2) is 0 Å². The number of hydrogen-bond acceptors (Lipinski definition) is 2. The minimum atomic E-state index is -1.69. The Kier molecular flexibility index (Phi) is 16.4. The van der Waals surface area contributed by atoms with Crippen molar-refractivity contribution < 1.29 is 102 Å². The van der Waals surface area contributed by atoms with E-state index in [0.29, 0.717) is 10.5 Å². The van der Waals surface area contributed by atoms with Crippen LogP contribution in [0, 0.1) is 0 Å². The first kappa shape index (κ1) is 35.9. The van der Waals surface area contributed by atoms with Crippen molar-refractivity contribution in [3.8, 4) is 0 Å². The molecule has 29 heavy (non-hydrogen) atoms. The van der Waals surface area contributed by atoms with Crippen molar-refractivity contribution in [3.05, 3.63) is 66.8 Å². The minimum Gasteiger partial charge on any atom is -1.00 e. The second kappa shape index (κ2) is 13.2. The van der Waals surface area contributed by atoms with Crippen LogP contribution in [0.5, 0.6) is 0 Å². The van der Waals surface area contributed by atoms with Crippen LogP contribution in [-0.2, 0) is 52.4 Å². The molecule has 0 radical (unpaired) electrons. The van der Waals surface area contributed by atoms with Gasteiger partial charge in [-0.15, -0.1) is 23.5 Å². The molecule has 0 spiro atoms. The number of fused-ring (bicyclic) bond motifs is 2. The molecule has 0 aromatic rings. The van der Waals surface area contributed by atoms with Gasteiger partial charge in [-0.1, -0.05) is 37.4 Å². The summed E-state index contributed by atoms with van der Waals surface area (Å²) >= 11 is 4.13. The molecular weight excluding hydrogens is 657 g/mol. The summed E-state index contributed by atoms with van der Waals surface area (Å²) in [6.07, 6.45) is 9.73. The quantitative estimate of drug-likeness (QED) is 0.267. The molecule has 2 aliphatic carbocycles. The number of allylic oxidation sites excluding steroid dienone is 8. The Balaban J connectivity index is -0.00000113. The van der Waals surface area contributed by atoms with Gasteiger partial charge in [0.15, 0.2) is 0 Å². The van der Waals surface area contributed by atoms with Crippen LogP contribution in [0.3, 0.4) is 0 Å². The second-order valence-corrected chi connectivity index (χ2v) is 14.6. The summed E-state index contributed by atoms with van der Waals surface area (Å²) in [5.74, 6) is 0. The van der Waals surface area contributed by atoms with E-state index in [4.69, 9.17) is 0 Å². The third kappa shape index (κ3) is 6.24. The number of hydrogen-bond donors (Lipinski definition) is 0. The van der Waals surface area contributed by atoms with Gasteiger partial charge in [0.1, 0.15) is 8.07 Å². The molecule has 2 unspecified atom stereocenters. The van der Waals surface area contributed by atoms with Crippen molar-refractivity contribution in [2.75, 3.05) is 0 Å². The molecule has 2 atom stereocenters. The SMILES string of the molecule is CC1=CC2=CC(C)SC2=C1[Si](C)(C)C1=C2SC(C)C=C2C=C1C.[Cl-].[Cl-].[Cl-].[Cl-].[Zr+4].[Zr+4]. The van der Waals surface area contributed by atoms with Gasteiger partial charge in [-0.3, -0.25) is 0 Å². The smallest absolute Gasteiger partial charge is 1.00 e. The fourth-order valence-electron chi connectivity index (χ4n) is 4.51. The van der Waals surface area contributed by atoms with E-state index in [2.05, 4.69) is 88.6 Å². The summed E-state index contributed by atoms with van der Waals surface area (Å²) in [5, 5.41) is 4.63. The Bertz CT molecular complexity index is 760. The fourth-order valence-corrected chi connectivity index (χ4v) is 12.4. The molecule has 0 N–H and O–H groups in total. The topological polar surface area (TPSA) is 0 Å². The zero-order chi connectivity index (χ0) is 16.5. The first-order chi connectivity index (χ1) is 10.8. The molecule has 0 nitrogen and oxygen atoms in total. The standard InChI is InChI=1S/C20H24S2Si.4ClH.2Zr/c1-11-7-15-9-13(3)21-17(15)19(11)23(5,6)20-12(2)8-16-10-14(4)22-18(16)20;;;;;;/h7-10,13-14H,1-6H3;4*1H;;/q;;;;;2*+4/p-4. The van der Waals surface area contributed by atoms with Gasteiger partial charge in [-0.2, -0.15) is 0 Å². The molecular formula is C20H24Cl4S2SiZr2+4.